The normalized spacial score (nSPS) is 21.4. The van der Waals surface area contributed by atoms with E-state index < -0.39 is 76.6 Å². The number of rotatable bonds is 10. The summed E-state index contributed by atoms with van der Waals surface area (Å²) >= 11 is 0.640. The zero-order chi connectivity index (χ0) is 27.8. The summed E-state index contributed by atoms with van der Waals surface area (Å²) in [5.74, 6) is -3.29. The Morgan fingerprint density at radius 2 is 1.39 bits per heavy atom. The molecule has 0 unspecified atom stereocenters. The molecule has 0 saturated heterocycles. The number of anilines is 2. The van der Waals surface area contributed by atoms with Crippen molar-refractivity contribution in [2.75, 3.05) is 23.8 Å². The highest BCUT2D eigenvalue weighted by atomic mass is 32.2. The SMILES string of the molecule is O=C1O[C@@H]([C@H](O)CO)C(O)=C1Nc1ccc(S(=O)(=O)c2ncc(NC3=C(O)[C@H]([C@H](O)CO)OC3=O)s2)cc1. The molecule has 0 radical (unpaired) electrons. The first-order chi connectivity index (χ1) is 18.0. The highest BCUT2D eigenvalue weighted by Gasteiger charge is 2.40. The van der Waals surface area contributed by atoms with Crippen molar-refractivity contribution < 1.29 is 58.1 Å². The Labute approximate surface area is 217 Å². The first-order valence-corrected chi connectivity index (χ1v) is 13.0. The molecule has 8 N–H and O–H groups in total. The lowest BCUT2D eigenvalue weighted by Crippen LogP contribution is -2.31. The molecule has 15 nitrogen and oxygen atoms in total. The van der Waals surface area contributed by atoms with Gasteiger partial charge in [0, 0.05) is 5.69 Å². The summed E-state index contributed by atoms with van der Waals surface area (Å²) in [4.78, 5) is 27.7. The molecule has 0 amide bonds. The molecule has 1 aromatic heterocycles. The van der Waals surface area contributed by atoms with Crippen LogP contribution in [0.2, 0.25) is 0 Å². The van der Waals surface area contributed by atoms with E-state index in [0.717, 1.165) is 6.20 Å². The number of benzene rings is 1. The van der Waals surface area contributed by atoms with Gasteiger partial charge in [0.1, 0.15) is 17.2 Å². The second-order valence-electron chi connectivity index (χ2n) is 7.94. The minimum absolute atomic E-state index is 0.0567. The summed E-state index contributed by atoms with van der Waals surface area (Å²) in [6.07, 6.45) is -4.91. The molecule has 17 heteroatoms. The molecule has 0 bridgehead atoms. The Morgan fingerprint density at radius 3 is 1.89 bits per heavy atom. The summed E-state index contributed by atoms with van der Waals surface area (Å²) in [6, 6.07) is 5.00. The first-order valence-electron chi connectivity index (χ1n) is 10.7. The number of sulfone groups is 1. The summed E-state index contributed by atoms with van der Waals surface area (Å²) in [5, 5.41) is 62.7. The summed E-state index contributed by atoms with van der Waals surface area (Å²) in [6.45, 7) is -1.53. The average Bonchev–Trinajstić information content (AvgIpc) is 3.57. The van der Waals surface area contributed by atoms with E-state index in [2.05, 4.69) is 15.6 Å². The van der Waals surface area contributed by atoms with Crippen molar-refractivity contribution in [3.8, 4) is 0 Å². The fourth-order valence-electron chi connectivity index (χ4n) is 3.42. The Balaban J connectivity index is 1.49. The molecule has 3 heterocycles. The molecule has 0 fully saturated rings. The molecule has 0 spiro atoms. The predicted octanol–water partition coefficient (Wildman–Crippen LogP) is -1.10. The van der Waals surface area contributed by atoms with E-state index in [1.165, 1.54) is 24.3 Å². The van der Waals surface area contributed by atoms with E-state index >= 15 is 0 Å². The number of nitrogens with one attached hydrogen (secondary N) is 2. The van der Waals surface area contributed by atoms with Crippen molar-refractivity contribution in [1.82, 2.24) is 4.98 Å². The molecule has 2 aliphatic rings. The number of aliphatic hydroxyl groups excluding tert-OH is 6. The van der Waals surface area contributed by atoms with Crippen LogP contribution in [0.4, 0.5) is 10.7 Å². The van der Waals surface area contributed by atoms with Crippen LogP contribution in [0.15, 0.2) is 62.6 Å². The number of thiazole rings is 1. The van der Waals surface area contributed by atoms with Gasteiger partial charge in [0.2, 0.25) is 14.2 Å². The first kappa shape index (κ1) is 27.3. The molecule has 4 rings (SSSR count). The van der Waals surface area contributed by atoms with Crippen LogP contribution in [0.5, 0.6) is 0 Å². The zero-order valence-corrected chi connectivity index (χ0v) is 20.6. The van der Waals surface area contributed by atoms with Gasteiger partial charge in [-0.25, -0.2) is 23.0 Å². The highest BCUT2D eigenvalue weighted by molar-refractivity contribution is 7.93. The molecule has 204 valence electrons. The van der Waals surface area contributed by atoms with E-state index in [9.17, 15) is 38.4 Å². The number of esters is 2. The minimum Gasteiger partial charge on any atom is -0.506 e. The van der Waals surface area contributed by atoms with Gasteiger partial charge in [0.05, 0.1) is 24.3 Å². The standard InChI is InChI=1S/C21H21N3O12S2/c25-6-10(27)17-15(29)13(19(31)35-17)23-8-1-3-9(4-2-8)38(33,34)21-22-5-12(37-21)24-14-16(30)18(11(28)7-26)36-20(14)32/h1-5,10-11,17-18,23-30H,6-7H2/t10-,11-,17+,18+/m1/s1. The van der Waals surface area contributed by atoms with Gasteiger partial charge < -0.3 is 50.7 Å². The lowest BCUT2D eigenvalue weighted by Gasteiger charge is -2.14. The molecule has 2 aromatic rings. The number of hydrogen-bond donors (Lipinski definition) is 8. The fourth-order valence-corrected chi connectivity index (χ4v) is 5.86. The molecule has 0 saturated carbocycles. The van der Waals surface area contributed by atoms with Crippen LogP contribution in [0.3, 0.4) is 0 Å². The third kappa shape index (κ3) is 5.02. The van der Waals surface area contributed by atoms with E-state index in [0.29, 0.717) is 11.3 Å². The minimum atomic E-state index is -4.14. The van der Waals surface area contributed by atoms with Crippen molar-refractivity contribution in [2.45, 2.75) is 33.7 Å². The van der Waals surface area contributed by atoms with Crippen LogP contribution in [-0.4, -0.2) is 93.6 Å². The summed E-state index contributed by atoms with van der Waals surface area (Å²) in [5.41, 5.74) is -0.627. The Kier molecular flexibility index (Phi) is 7.58. The molecule has 2 aliphatic heterocycles. The average molecular weight is 572 g/mol. The molecule has 0 aliphatic carbocycles. The van der Waals surface area contributed by atoms with Crippen LogP contribution in [-0.2, 0) is 28.9 Å². The van der Waals surface area contributed by atoms with Crippen molar-refractivity contribution in [3.05, 3.63) is 53.4 Å². The number of carbonyl (C=O) groups is 2. The number of aliphatic hydroxyl groups is 6. The summed E-state index contributed by atoms with van der Waals surface area (Å²) < 4.78 is 35.3. The molecule has 1 aromatic carbocycles. The number of ether oxygens (including phenoxy) is 2. The van der Waals surface area contributed by atoms with E-state index in [1.807, 2.05) is 0 Å². The third-order valence-corrected chi connectivity index (χ3v) is 8.47. The maximum Gasteiger partial charge on any atom is 0.359 e. The molecule has 4 atom stereocenters. The zero-order valence-electron chi connectivity index (χ0n) is 19.0. The van der Waals surface area contributed by atoms with E-state index in [-0.39, 0.29) is 25.6 Å². The molecule has 38 heavy (non-hydrogen) atoms. The van der Waals surface area contributed by atoms with Crippen LogP contribution in [0.1, 0.15) is 0 Å². The number of cyclic esters (lactones) is 2. The number of nitrogens with zero attached hydrogens (tertiary/aromatic N) is 1. The van der Waals surface area contributed by atoms with Gasteiger partial charge in [-0.15, -0.1) is 0 Å². The monoisotopic (exact) mass is 571 g/mol. The van der Waals surface area contributed by atoms with Gasteiger partial charge in [-0.2, -0.15) is 0 Å². The Bertz CT molecular complexity index is 1420. The van der Waals surface area contributed by atoms with Crippen LogP contribution in [0, 0.1) is 0 Å². The van der Waals surface area contributed by atoms with Crippen molar-refractivity contribution in [3.63, 3.8) is 0 Å². The maximum atomic E-state index is 13.0. The molecular weight excluding hydrogens is 550 g/mol. The van der Waals surface area contributed by atoms with Gasteiger partial charge in [-0.05, 0) is 24.3 Å². The lowest BCUT2D eigenvalue weighted by molar-refractivity contribution is -0.146. The quantitative estimate of drug-likeness (QED) is 0.158. The van der Waals surface area contributed by atoms with Gasteiger partial charge in [-0.3, -0.25) is 0 Å². The Morgan fingerprint density at radius 1 is 0.895 bits per heavy atom. The third-order valence-electron chi connectivity index (χ3n) is 5.40. The largest absolute Gasteiger partial charge is 0.506 e. The van der Waals surface area contributed by atoms with Gasteiger partial charge in [0.25, 0.3) is 0 Å². The highest BCUT2D eigenvalue weighted by Crippen LogP contribution is 2.32. The van der Waals surface area contributed by atoms with Crippen LogP contribution >= 0.6 is 11.3 Å². The van der Waals surface area contributed by atoms with E-state index in [4.69, 9.17) is 19.7 Å². The fraction of sp³-hybridized carbons (Fsp3) is 0.286. The Hall–Kier alpha value is -3.74. The topological polar surface area (TPSA) is 245 Å². The van der Waals surface area contributed by atoms with Crippen molar-refractivity contribution in [1.29, 1.82) is 0 Å². The number of hydrogen-bond acceptors (Lipinski definition) is 16. The second kappa shape index (κ2) is 10.6. The number of carbonyl (C=O) groups excluding carboxylic acids is 2. The van der Waals surface area contributed by atoms with Gasteiger partial charge in [0.15, 0.2) is 35.1 Å². The second-order valence-corrected chi connectivity index (χ2v) is 11.1. The number of aromatic nitrogens is 1. The van der Waals surface area contributed by atoms with Crippen LogP contribution < -0.4 is 10.6 Å². The smallest absolute Gasteiger partial charge is 0.359 e. The maximum absolute atomic E-state index is 13.0. The lowest BCUT2D eigenvalue weighted by atomic mass is 10.1. The van der Waals surface area contributed by atoms with Crippen molar-refractivity contribution in [2.24, 2.45) is 0 Å². The van der Waals surface area contributed by atoms with Crippen LogP contribution in [0.25, 0.3) is 0 Å². The predicted molar refractivity (Wildman–Crippen MR) is 127 cm³/mol. The van der Waals surface area contributed by atoms with E-state index in [1.54, 1.807) is 0 Å². The van der Waals surface area contributed by atoms with Gasteiger partial charge >= 0.3 is 11.9 Å². The van der Waals surface area contributed by atoms with Gasteiger partial charge in [-0.1, -0.05) is 11.3 Å². The van der Waals surface area contributed by atoms with Crippen molar-refractivity contribution >= 4 is 43.8 Å². The summed E-state index contributed by atoms with van der Waals surface area (Å²) in [7, 11) is -4.14. The molecular formula is C21H21N3O12S2.